The molecule has 0 saturated carbocycles. The molecule has 2 aromatic rings. The molecule has 1 N–H and O–H groups in total. The lowest BCUT2D eigenvalue weighted by Gasteiger charge is -2.16. The number of amides is 1. The fourth-order valence-corrected chi connectivity index (χ4v) is 4.61. The van der Waals surface area contributed by atoms with E-state index in [4.69, 9.17) is 9.47 Å². The van der Waals surface area contributed by atoms with Crippen molar-refractivity contribution < 1.29 is 22.7 Å². The zero-order chi connectivity index (χ0) is 21.4. The number of ether oxygens (including phenoxy) is 2. The summed E-state index contributed by atoms with van der Waals surface area (Å²) < 4.78 is 35.8. The van der Waals surface area contributed by atoms with Crippen LogP contribution in [0.3, 0.4) is 0 Å². The standard InChI is InChI=1S/C22H26N2O5S/c1-28-14-15-29-21-10-5-19(6-11-21)17-23-22(25)12-7-18-3-8-20(9-4-18)24-13-2-16-30(24,26)27/h3-12H,2,13-17H2,1H3,(H,23,25)/b12-7+. The molecule has 1 aliphatic heterocycles. The first-order valence-electron chi connectivity index (χ1n) is 9.75. The van der Waals surface area contributed by atoms with Crippen LogP contribution in [0.15, 0.2) is 54.6 Å². The summed E-state index contributed by atoms with van der Waals surface area (Å²) >= 11 is 0. The second-order valence-electron chi connectivity index (χ2n) is 6.87. The Labute approximate surface area is 177 Å². The summed E-state index contributed by atoms with van der Waals surface area (Å²) in [4.78, 5) is 12.1. The Balaban J connectivity index is 1.47. The number of sulfonamides is 1. The molecule has 2 aromatic carbocycles. The Morgan fingerprint density at radius 1 is 1.10 bits per heavy atom. The molecule has 1 heterocycles. The summed E-state index contributed by atoms with van der Waals surface area (Å²) in [6.07, 6.45) is 3.81. The van der Waals surface area contributed by atoms with Gasteiger partial charge in [0.05, 0.1) is 18.0 Å². The van der Waals surface area contributed by atoms with E-state index in [0.29, 0.717) is 38.4 Å². The number of hydrogen-bond donors (Lipinski definition) is 1. The maximum absolute atomic E-state index is 12.1. The minimum Gasteiger partial charge on any atom is -0.491 e. The molecule has 3 rings (SSSR count). The van der Waals surface area contributed by atoms with Crippen LogP contribution in [0.2, 0.25) is 0 Å². The van der Waals surface area contributed by atoms with Gasteiger partial charge in [-0.05, 0) is 47.9 Å². The lowest BCUT2D eigenvalue weighted by molar-refractivity contribution is -0.116. The van der Waals surface area contributed by atoms with E-state index in [-0.39, 0.29) is 11.7 Å². The Kier molecular flexibility index (Phi) is 7.48. The Morgan fingerprint density at radius 2 is 1.83 bits per heavy atom. The van der Waals surface area contributed by atoms with Crippen molar-refractivity contribution in [1.82, 2.24) is 5.32 Å². The second-order valence-corrected chi connectivity index (χ2v) is 8.88. The van der Waals surface area contributed by atoms with Crippen LogP contribution in [-0.4, -0.2) is 46.9 Å². The zero-order valence-corrected chi connectivity index (χ0v) is 17.7. The number of methoxy groups -OCH3 is 1. The molecule has 1 saturated heterocycles. The molecule has 0 spiro atoms. The SMILES string of the molecule is COCCOc1ccc(CNC(=O)/C=C/c2ccc(N3CCCS3(=O)=O)cc2)cc1. The van der Waals surface area contributed by atoms with Crippen LogP contribution in [0.1, 0.15) is 17.5 Å². The van der Waals surface area contributed by atoms with E-state index in [0.717, 1.165) is 16.9 Å². The van der Waals surface area contributed by atoms with Crippen LogP contribution in [0.5, 0.6) is 5.75 Å². The van der Waals surface area contributed by atoms with Crippen LogP contribution in [0.25, 0.3) is 6.08 Å². The predicted molar refractivity (Wildman–Crippen MR) is 117 cm³/mol. The van der Waals surface area contributed by atoms with Gasteiger partial charge >= 0.3 is 0 Å². The Morgan fingerprint density at radius 3 is 2.47 bits per heavy atom. The first-order chi connectivity index (χ1) is 14.5. The third-order valence-corrected chi connectivity index (χ3v) is 6.52. The van der Waals surface area contributed by atoms with Crippen LogP contribution in [-0.2, 0) is 26.1 Å². The molecular formula is C22H26N2O5S. The van der Waals surface area contributed by atoms with Gasteiger partial charge in [-0.3, -0.25) is 9.10 Å². The highest BCUT2D eigenvalue weighted by atomic mass is 32.2. The zero-order valence-electron chi connectivity index (χ0n) is 16.9. The molecule has 0 aromatic heterocycles. The normalized spacial score (nSPS) is 15.4. The average Bonchev–Trinajstić information content (AvgIpc) is 3.11. The van der Waals surface area contributed by atoms with Crippen molar-refractivity contribution in [2.45, 2.75) is 13.0 Å². The number of rotatable bonds is 9. The molecule has 8 heteroatoms. The summed E-state index contributed by atoms with van der Waals surface area (Å²) in [6, 6.07) is 14.6. The molecule has 1 aliphatic rings. The van der Waals surface area contributed by atoms with Gasteiger partial charge in [0.25, 0.3) is 0 Å². The molecule has 7 nitrogen and oxygen atoms in total. The number of nitrogens with one attached hydrogen (secondary N) is 1. The summed E-state index contributed by atoms with van der Waals surface area (Å²) in [6.45, 7) is 1.95. The van der Waals surface area contributed by atoms with Crippen molar-refractivity contribution in [2.24, 2.45) is 0 Å². The topological polar surface area (TPSA) is 84.9 Å². The van der Waals surface area contributed by atoms with Gasteiger partial charge in [0.2, 0.25) is 15.9 Å². The average molecular weight is 431 g/mol. The van der Waals surface area contributed by atoms with Crippen molar-refractivity contribution in [3.05, 3.63) is 65.7 Å². The number of benzene rings is 2. The van der Waals surface area contributed by atoms with Gasteiger partial charge in [-0.15, -0.1) is 0 Å². The predicted octanol–water partition coefficient (Wildman–Crippen LogP) is 2.58. The van der Waals surface area contributed by atoms with Gasteiger partial charge in [0, 0.05) is 26.3 Å². The van der Waals surface area contributed by atoms with E-state index in [1.807, 2.05) is 24.3 Å². The number of carbonyl (C=O) groups is 1. The molecule has 1 amide bonds. The number of hydrogen-bond acceptors (Lipinski definition) is 5. The van der Waals surface area contributed by atoms with Crippen molar-refractivity contribution in [3.63, 3.8) is 0 Å². The fourth-order valence-electron chi connectivity index (χ4n) is 3.05. The Hall–Kier alpha value is -2.84. The van der Waals surface area contributed by atoms with E-state index in [9.17, 15) is 13.2 Å². The van der Waals surface area contributed by atoms with E-state index in [1.165, 1.54) is 10.4 Å². The van der Waals surface area contributed by atoms with Crippen molar-refractivity contribution >= 4 is 27.7 Å². The highest BCUT2D eigenvalue weighted by molar-refractivity contribution is 7.93. The van der Waals surface area contributed by atoms with Gasteiger partial charge in [-0.2, -0.15) is 0 Å². The maximum atomic E-state index is 12.1. The Bertz CT molecular complexity index is 970. The lowest BCUT2D eigenvalue weighted by atomic mass is 10.2. The number of carbonyl (C=O) groups excluding carboxylic acids is 1. The van der Waals surface area contributed by atoms with Crippen LogP contribution in [0.4, 0.5) is 5.69 Å². The monoisotopic (exact) mass is 430 g/mol. The third-order valence-electron chi connectivity index (χ3n) is 4.65. The minimum absolute atomic E-state index is 0.193. The van der Waals surface area contributed by atoms with E-state index >= 15 is 0 Å². The first kappa shape index (κ1) is 21.9. The molecule has 0 aliphatic carbocycles. The largest absolute Gasteiger partial charge is 0.491 e. The molecule has 30 heavy (non-hydrogen) atoms. The molecule has 0 atom stereocenters. The van der Waals surface area contributed by atoms with Crippen LogP contribution < -0.4 is 14.4 Å². The third kappa shape index (κ3) is 6.08. The van der Waals surface area contributed by atoms with Gasteiger partial charge in [0.1, 0.15) is 12.4 Å². The van der Waals surface area contributed by atoms with Gasteiger partial charge in [-0.1, -0.05) is 24.3 Å². The fraction of sp³-hybridized carbons (Fsp3) is 0.318. The highest BCUT2D eigenvalue weighted by Gasteiger charge is 2.28. The first-order valence-corrected chi connectivity index (χ1v) is 11.4. The van der Waals surface area contributed by atoms with Crippen molar-refractivity contribution in [2.75, 3.05) is 36.9 Å². The quantitative estimate of drug-likeness (QED) is 0.488. The van der Waals surface area contributed by atoms with E-state index in [2.05, 4.69) is 5.32 Å². The van der Waals surface area contributed by atoms with E-state index in [1.54, 1.807) is 37.5 Å². The lowest BCUT2D eigenvalue weighted by Crippen LogP contribution is -2.24. The van der Waals surface area contributed by atoms with Gasteiger partial charge in [0.15, 0.2) is 0 Å². The smallest absolute Gasteiger partial charge is 0.244 e. The van der Waals surface area contributed by atoms with Gasteiger partial charge in [-0.25, -0.2) is 8.42 Å². The van der Waals surface area contributed by atoms with Crippen molar-refractivity contribution in [3.8, 4) is 5.75 Å². The summed E-state index contributed by atoms with van der Waals surface area (Å²) in [5.74, 6) is 0.743. The van der Waals surface area contributed by atoms with Crippen molar-refractivity contribution in [1.29, 1.82) is 0 Å². The van der Waals surface area contributed by atoms with Gasteiger partial charge < -0.3 is 14.8 Å². The molecule has 0 unspecified atom stereocenters. The number of nitrogens with zero attached hydrogens (tertiary/aromatic N) is 1. The summed E-state index contributed by atoms with van der Waals surface area (Å²) in [5, 5.41) is 2.83. The van der Waals surface area contributed by atoms with E-state index < -0.39 is 10.0 Å². The summed E-state index contributed by atoms with van der Waals surface area (Å²) in [7, 11) is -1.56. The molecule has 0 bridgehead atoms. The minimum atomic E-state index is -3.18. The second kappa shape index (κ2) is 10.3. The molecule has 1 fully saturated rings. The molecule has 160 valence electrons. The highest BCUT2D eigenvalue weighted by Crippen LogP contribution is 2.24. The summed E-state index contributed by atoms with van der Waals surface area (Å²) in [5.41, 5.74) is 2.44. The number of anilines is 1. The van der Waals surface area contributed by atoms with Crippen LogP contribution >= 0.6 is 0 Å². The molecule has 0 radical (unpaired) electrons. The maximum Gasteiger partial charge on any atom is 0.244 e. The van der Waals surface area contributed by atoms with Crippen LogP contribution in [0, 0.1) is 0 Å². The molecular weight excluding hydrogens is 404 g/mol.